The molecule has 2 nitrogen and oxygen atoms in total. The molecule has 2 aromatic carbocycles. The lowest BCUT2D eigenvalue weighted by Crippen LogP contribution is -1.97. The van der Waals surface area contributed by atoms with Crippen LogP contribution in [0.2, 0.25) is 0 Å². The second-order valence-electron chi connectivity index (χ2n) is 4.03. The van der Waals surface area contributed by atoms with Gasteiger partial charge in [0.25, 0.3) is 0 Å². The maximum absolute atomic E-state index is 12.7. The van der Waals surface area contributed by atoms with Gasteiger partial charge in [-0.1, -0.05) is 30.4 Å². The highest BCUT2D eigenvalue weighted by Crippen LogP contribution is 2.18. The molecule has 0 bridgehead atoms. The maximum atomic E-state index is 12.7. The molecule has 0 aromatic heterocycles. The summed E-state index contributed by atoms with van der Waals surface area (Å²) in [5.74, 6) is 0.621. The van der Waals surface area contributed by atoms with Crippen LogP contribution in [0.4, 0.5) is 10.1 Å². The molecule has 1 N–H and O–H groups in total. The number of methoxy groups -OCH3 is 1. The molecule has 0 unspecified atom stereocenters. The van der Waals surface area contributed by atoms with Crippen LogP contribution in [0.25, 0.3) is 6.08 Å². The van der Waals surface area contributed by atoms with Gasteiger partial charge in [0.2, 0.25) is 0 Å². The summed E-state index contributed by atoms with van der Waals surface area (Å²) in [5, 5.41) is 3.19. The zero-order valence-corrected chi connectivity index (χ0v) is 10.8. The molecule has 0 saturated heterocycles. The van der Waals surface area contributed by atoms with E-state index in [1.54, 1.807) is 19.2 Å². The summed E-state index contributed by atoms with van der Waals surface area (Å²) in [6.45, 7) is 0.670. The van der Waals surface area contributed by atoms with Crippen molar-refractivity contribution in [2.45, 2.75) is 0 Å². The molecule has 0 fully saturated rings. The van der Waals surface area contributed by atoms with Crippen molar-refractivity contribution in [1.82, 2.24) is 0 Å². The molecule has 0 aliphatic heterocycles. The summed E-state index contributed by atoms with van der Waals surface area (Å²) in [4.78, 5) is 0. The lowest BCUT2D eigenvalue weighted by atomic mass is 10.2. The number of anilines is 1. The molecular weight excluding hydrogens is 241 g/mol. The number of halogens is 1. The van der Waals surface area contributed by atoms with Crippen LogP contribution in [-0.4, -0.2) is 13.7 Å². The number of ether oxygens (including phenoxy) is 1. The molecule has 19 heavy (non-hydrogen) atoms. The first-order valence-corrected chi connectivity index (χ1v) is 6.08. The van der Waals surface area contributed by atoms with Gasteiger partial charge in [0.1, 0.15) is 11.6 Å². The van der Waals surface area contributed by atoms with Crippen molar-refractivity contribution in [3.63, 3.8) is 0 Å². The van der Waals surface area contributed by atoms with Crippen molar-refractivity contribution in [2.24, 2.45) is 0 Å². The Morgan fingerprint density at radius 1 is 1.11 bits per heavy atom. The molecule has 2 rings (SSSR count). The Bertz CT molecular complexity index is 549. The topological polar surface area (TPSA) is 21.3 Å². The number of para-hydroxylation sites is 1. The van der Waals surface area contributed by atoms with Crippen molar-refractivity contribution >= 4 is 11.8 Å². The van der Waals surface area contributed by atoms with E-state index < -0.39 is 0 Å². The summed E-state index contributed by atoms with van der Waals surface area (Å²) in [6, 6.07) is 14.1. The minimum Gasteiger partial charge on any atom is -0.496 e. The van der Waals surface area contributed by atoms with Gasteiger partial charge in [0.05, 0.1) is 7.11 Å². The lowest BCUT2D eigenvalue weighted by Gasteiger charge is -2.04. The Morgan fingerprint density at radius 3 is 2.58 bits per heavy atom. The highest BCUT2D eigenvalue weighted by atomic mass is 19.1. The van der Waals surface area contributed by atoms with E-state index in [1.165, 1.54) is 12.1 Å². The first-order chi connectivity index (χ1) is 9.29. The first-order valence-electron chi connectivity index (χ1n) is 6.08. The largest absolute Gasteiger partial charge is 0.496 e. The van der Waals surface area contributed by atoms with Gasteiger partial charge in [0.15, 0.2) is 0 Å². The Balaban J connectivity index is 1.91. The average molecular weight is 257 g/mol. The van der Waals surface area contributed by atoms with Gasteiger partial charge in [-0.3, -0.25) is 0 Å². The fourth-order valence-electron chi connectivity index (χ4n) is 1.73. The fraction of sp³-hybridized carbons (Fsp3) is 0.125. The van der Waals surface area contributed by atoms with Crippen LogP contribution >= 0.6 is 0 Å². The van der Waals surface area contributed by atoms with Crippen molar-refractivity contribution in [2.75, 3.05) is 19.0 Å². The Labute approximate surface area is 112 Å². The first kappa shape index (κ1) is 13.1. The zero-order valence-electron chi connectivity index (χ0n) is 10.8. The van der Waals surface area contributed by atoms with Gasteiger partial charge in [-0.15, -0.1) is 0 Å². The average Bonchev–Trinajstić information content (AvgIpc) is 2.46. The fourth-order valence-corrected chi connectivity index (χ4v) is 1.73. The summed E-state index contributed by atoms with van der Waals surface area (Å²) >= 11 is 0. The van der Waals surface area contributed by atoms with Crippen LogP contribution in [0.3, 0.4) is 0 Å². The van der Waals surface area contributed by atoms with Crippen LogP contribution in [0, 0.1) is 5.82 Å². The molecule has 0 radical (unpaired) electrons. The third-order valence-electron chi connectivity index (χ3n) is 2.70. The molecule has 0 aliphatic rings. The van der Waals surface area contributed by atoms with E-state index >= 15 is 0 Å². The molecule has 0 atom stereocenters. The number of nitrogens with one attached hydrogen (secondary N) is 1. The van der Waals surface area contributed by atoms with E-state index in [1.807, 2.05) is 36.4 Å². The molecule has 0 heterocycles. The standard InChI is InChI=1S/C16H16FNO/c1-19-16-7-3-2-5-13(16)6-4-12-18-15-10-8-14(17)9-11-15/h2-11,18H,12H2,1H3/b6-4+. The van der Waals surface area contributed by atoms with Gasteiger partial charge in [0, 0.05) is 17.8 Å². The predicted molar refractivity (Wildman–Crippen MR) is 76.9 cm³/mol. The van der Waals surface area contributed by atoms with E-state index in [9.17, 15) is 4.39 Å². The van der Waals surface area contributed by atoms with Crippen LogP contribution in [-0.2, 0) is 0 Å². The van der Waals surface area contributed by atoms with Crippen molar-refractivity contribution in [1.29, 1.82) is 0 Å². The molecule has 0 spiro atoms. The SMILES string of the molecule is COc1ccccc1/C=C/CNc1ccc(F)cc1. The predicted octanol–water partition coefficient (Wildman–Crippen LogP) is 3.96. The van der Waals surface area contributed by atoms with E-state index in [0.29, 0.717) is 6.54 Å². The highest BCUT2D eigenvalue weighted by molar-refractivity contribution is 5.57. The van der Waals surface area contributed by atoms with Crippen molar-refractivity contribution in [3.05, 3.63) is 66.0 Å². The van der Waals surface area contributed by atoms with Crippen molar-refractivity contribution in [3.8, 4) is 5.75 Å². The molecule has 3 heteroatoms. The maximum Gasteiger partial charge on any atom is 0.126 e. The van der Waals surface area contributed by atoms with Crippen LogP contribution in [0.15, 0.2) is 54.6 Å². The normalized spacial score (nSPS) is 10.6. The summed E-state index contributed by atoms with van der Waals surface area (Å²) in [6.07, 6.45) is 4.00. The minimum atomic E-state index is -0.227. The molecule has 98 valence electrons. The summed E-state index contributed by atoms with van der Waals surface area (Å²) in [7, 11) is 1.66. The quantitative estimate of drug-likeness (QED) is 0.875. The monoisotopic (exact) mass is 257 g/mol. The van der Waals surface area contributed by atoms with Gasteiger partial charge < -0.3 is 10.1 Å². The number of benzene rings is 2. The molecule has 0 amide bonds. The van der Waals surface area contributed by atoms with Crippen LogP contribution in [0.5, 0.6) is 5.75 Å². The van der Waals surface area contributed by atoms with E-state index in [2.05, 4.69) is 5.32 Å². The van der Waals surface area contributed by atoms with Gasteiger partial charge in [-0.25, -0.2) is 4.39 Å². The van der Waals surface area contributed by atoms with E-state index in [4.69, 9.17) is 4.74 Å². The highest BCUT2D eigenvalue weighted by Gasteiger charge is 1.96. The Kier molecular flexibility index (Phi) is 4.56. The Morgan fingerprint density at radius 2 is 1.84 bits per heavy atom. The van der Waals surface area contributed by atoms with Gasteiger partial charge in [-0.2, -0.15) is 0 Å². The van der Waals surface area contributed by atoms with Gasteiger partial charge in [-0.05, 0) is 30.3 Å². The third kappa shape index (κ3) is 3.85. The molecular formula is C16H16FNO. The summed E-state index contributed by atoms with van der Waals surface area (Å²) in [5.41, 5.74) is 1.93. The molecule has 2 aromatic rings. The molecule has 0 saturated carbocycles. The number of hydrogen-bond donors (Lipinski definition) is 1. The van der Waals surface area contributed by atoms with Crippen LogP contribution < -0.4 is 10.1 Å². The van der Waals surface area contributed by atoms with E-state index in [-0.39, 0.29) is 5.82 Å². The lowest BCUT2D eigenvalue weighted by molar-refractivity contribution is 0.414. The third-order valence-corrected chi connectivity index (χ3v) is 2.70. The molecule has 0 aliphatic carbocycles. The summed E-state index contributed by atoms with van der Waals surface area (Å²) < 4.78 is 18.0. The smallest absolute Gasteiger partial charge is 0.126 e. The number of hydrogen-bond acceptors (Lipinski definition) is 2. The van der Waals surface area contributed by atoms with Gasteiger partial charge >= 0.3 is 0 Å². The van der Waals surface area contributed by atoms with Crippen LogP contribution in [0.1, 0.15) is 5.56 Å². The van der Waals surface area contributed by atoms with E-state index in [0.717, 1.165) is 17.0 Å². The second kappa shape index (κ2) is 6.59. The minimum absolute atomic E-state index is 0.227. The number of rotatable bonds is 5. The second-order valence-corrected chi connectivity index (χ2v) is 4.03. The zero-order chi connectivity index (χ0) is 13.5. The Hall–Kier alpha value is -2.29. The van der Waals surface area contributed by atoms with Crippen molar-refractivity contribution < 1.29 is 9.13 Å².